The van der Waals surface area contributed by atoms with Gasteiger partial charge in [-0.2, -0.15) is 0 Å². The molecule has 0 unspecified atom stereocenters. The lowest BCUT2D eigenvalue weighted by molar-refractivity contribution is 0.463. The number of phenols is 1. The molecule has 0 aliphatic carbocycles. The summed E-state index contributed by atoms with van der Waals surface area (Å²) in [4.78, 5) is 0. The molecule has 0 saturated heterocycles. The molecule has 2 heteroatoms. The normalized spacial score (nSPS) is 10.3. The molecule has 0 bridgehead atoms. The standard InChI is InChI=1S/C9H10O2/c1-2-7-11-9-5-3-8(10)4-6-9/h2-7,10H,1H3/b7-2+. The van der Waals surface area contributed by atoms with E-state index in [-0.39, 0.29) is 5.75 Å². The van der Waals surface area contributed by atoms with E-state index in [9.17, 15) is 0 Å². The molecule has 0 aliphatic heterocycles. The predicted octanol–water partition coefficient (Wildman–Crippen LogP) is 2.30. The van der Waals surface area contributed by atoms with Gasteiger partial charge in [0, 0.05) is 0 Å². The molecule has 0 spiro atoms. The van der Waals surface area contributed by atoms with E-state index in [4.69, 9.17) is 9.84 Å². The first-order valence-corrected chi connectivity index (χ1v) is 3.40. The van der Waals surface area contributed by atoms with Crippen LogP contribution in [-0.4, -0.2) is 5.11 Å². The van der Waals surface area contributed by atoms with Gasteiger partial charge in [0.2, 0.25) is 0 Å². The van der Waals surface area contributed by atoms with Gasteiger partial charge in [-0.3, -0.25) is 0 Å². The average molecular weight is 150 g/mol. The Balaban J connectivity index is 2.66. The maximum atomic E-state index is 8.91. The van der Waals surface area contributed by atoms with Gasteiger partial charge in [-0.25, -0.2) is 0 Å². The van der Waals surface area contributed by atoms with Crippen molar-refractivity contribution < 1.29 is 9.84 Å². The Morgan fingerprint density at radius 3 is 2.45 bits per heavy atom. The van der Waals surface area contributed by atoms with Crippen molar-refractivity contribution in [3.63, 3.8) is 0 Å². The summed E-state index contributed by atoms with van der Waals surface area (Å²) >= 11 is 0. The third kappa shape index (κ3) is 2.34. The lowest BCUT2D eigenvalue weighted by Crippen LogP contribution is -1.79. The van der Waals surface area contributed by atoms with Crippen LogP contribution in [0.2, 0.25) is 0 Å². The van der Waals surface area contributed by atoms with Crippen LogP contribution >= 0.6 is 0 Å². The molecule has 2 nitrogen and oxygen atoms in total. The van der Waals surface area contributed by atoms with Gasteiger partial charge in [0.1, 0.15) is 11.5 Å². The van der Waals surface area contributed by atoms with Crippen LogP contribution < -0.4 is 4.74 Å². The highest BCUT2D eigenvalue weighted by Gasteiger charge is 1.89. The summed E-state index contributed by atoms with van der Waals surface area (Å²) in [5.41, 5.74) is 0. The zero-order valence-corrected chi connectivity index (χ0v) is 6.32. The Labute approximate surface area is 65.7 Å². The highest BCUT2D eigenvalue weighted by atomic mass is 16.5. The largest absolute Gasteiger partial charge is 0.508 e. The van der Waals surface area contributed by atoms with Crippen LogP contribution in [0.25, 0.3) is 0 Å². The summed E-state index contributed by atoms with van der Waals surface area (Å²) in [5, 5.41) is 8.91. The Morgan fingerprint density at radius 2 is 1.91 bits per heavy atom. The van der Waals surface area contributed by atoms with Crippen molar-refractivity contribution >= 4 is 0 Å². The molecule has 0 atom stereocenters. The van der Waals surface area contributed by atoms with Crippen LogP contribution in [-0.2, 0) is 0 Å². The first-order valence-electron chi connectivity index (χ1n) is 3.40. The highest BCUT2D eigenvalue weighted by Crippen LogP contribution is 2.15. The molecule has 0 amide bonds. The minimum atomic E-state index is 0.248. The van der Waals surface area contributed by atoms with Crippen molar-refractivity contribution in [2.45, 2.75) is 6.92 Å². The minimum Gasteiger partial charge on any atom is -0.508 e. The van der Waals surface area contributed by atoms with Gasteiger partial charge in [-0.1, -0.05) is 6.08 Å². The first-order chi connectivity index (χ1) is 5.33. The van der Waals surface area contributed by atoms with E-state index in [1.54, 1.807) is 36.6 Å². The molecular weight excluding hydrogens is 140 g/mol. The van der Waals surface area contributed by atoms with Gasteiger partial charge < -0.3 is 9.84 Å². The molecule has 1 N–H and O–H groups in total. The van der Waals surface area contributed by atoms with Crippen molar-refractivity contribution in [1.82, 2.24) is 0 Å². The highest BCUT2D eigenvalue weighted by molar-refractivity contribution is 5.30. The number of ether oxygens (including phenoxy) is 1. The van der Waals surface area contributed by atoms with Gasteiger partial charge in [0.05, 0.1) is 6.26 Å². The van der Waals surface area contributed by atoms with Crippen LogP contribution in [0.3, 0.4) is 0 Å². The van der Waals surface area contributed by atoms with Crippen molar-refractivity contribution in [3.05, 3.63) is 36.6 Å². The van der Waals surface area contributed by atoms with Crippen LogP contribution in [0.1, 0.15) is 6.92 Å². The average Bonchev–Trinajstić information content (AvgIpc) is 2.04. The van der Waals surface area contributed by atoms with E-state index in [0.717, 1.165) is 5.75 Å². The zero-order valence-electron chi connectivity index (χ0n) is 6.32. The maximum Gasteiger partial charge on any atom is 0.126 e. The van der Waals surface area contributed by atoms with Gasteiger partial charge in [-0.05, 0) is 31.2 Å². The van der Waals surface area contributed by atoms with E-state index in [1.807, 2.05) is 6.92 Å². The number of hydrogen-bond donors (Lipinski definition) is 1. The Morgan fingerprint density at radius 1 is 1.27 bits per heavy atom. The van der Waals surface area contributed by atoms with Crippen molar-refractivity contribution in [2.75, 3.05) is 0 Å². The van der Waals surface area contributed by atoms with E-state index in [1.165, 1.54) is 0 Å². The molecule has 1 aromatic rings. The first kappa shape index (κ1) is 7.66. The number of benzene rings is 1. The molecule has 0 saturated carbocycles. The molecule has 1 rings (SSSR count). The van der Waals surface area contributed by atoms with Gasteiger partial charge >= 0.3 is 0 Å². The number of aromatic hydroxyl groups is 1. The van der Waals surface area contributed by atoms with Crippen LogP contribution in [0.5, 0.6) is 11.5 Å². The second kappa shape index (κ2) is 3.66. The molecule has 0 aromatic heterocycles. The summed E-state index contributed by atoms with van der Waals surface area (Å²) in [6, 6.07) is 6.57. The second-order valence-electron chi connectivity index (χ2n) is 2.08. The fourth-order valence-electron chi connectivity index (χ4n) is 0.671. The summed E-state index contributed by atoms with van der Waals surface area (Å²) in [7, 11) is 0. The predicted molar refractivity (Wildman–Crippen MR) is 43.5 cm³/mol. The maximum absolute atomic E-state index is 8.91. The van der Waals surface area contributed by atoms with Crippen LogP contribution in [0.4, 0.5) is 0 Å². The van der Waals surface area contributed by atoms with Gasteiger partial charge in [0.15, 0.2) is 0 Å². The summed E-state index contributed by atoms with van der Waals surface area (Å²) in [6.07, 6.45) is 3.39. The lowest BCUT2D eigenvalue weighted by atomic mass is 10.3. The van der Waals surface area contributed by atoms with E-state index >= 15 is 0 Å². The number of rotatable bonds is 2. The molecule has 0 radical (unpaired) electrons. The Kier molecular flexibility index (Phi) is 2.55. The smallest absolute Gasteiger partial charge is 0.126 e. The SMILES string of the molecule is C/C=C/Oc1ccc(O)cc1. The molecule has 58 valence electrons. The summed E-state index contributed by atoms with van der Waals surface area (Å²) in [5.74, 6) is 0.971. The van der Waals surface area contributed by atoms with E-state index in [0.29, 0.717) is 0 Å². The number of allylic oxidation sites excluding steroid dienone is 1. The quantitative estimate of drug-likeness (QED) is 0.655. The van der Waals surface area contributed by atoms with Crippen LogP contribution in [0, 0.1) is 0 Å². The van der Waals surface area contributed by atoms with Crippen molar-refractivity contribution in [2.24, 2.45) is 0 Å². The topological polar surface area (TPSA) is 29.5 Å². The lowest BCUT2D eigenvalue weighted by Gasteiger charge is -1.98. The molecule has 1 aromatic carbocycles. The number of hydrogen-bond acceptors (Lipinski definition) is 2. The molecule has 0 aliphatic rings. The Hall–Kier alpha value is -1.44. The van der Waals surface area contributed by atoms with E-state index in [2.05, 4.69) is 0 Å². The van der Waals surface area contributed by atoms with Crippen molar-refractivity contribution in [3.8, 4) is 11.5 Å². The summed E-state index contributed by atoms with van der Waals surface area (Å²) in [6.45, 7) is 1.88. The summed E-state index contributed by atoms with van der Waals surface area (Å²) < 4.78 is 5.12. The molecular formula is C9H10O2. The fourth-order valence-corrected chi connectivity index (χ4v) is 0.671. The van der Waals surface area contributed by atoms with Crippen molar-refractivity contribution in [1.29, 1.82) is 0 Å². The number of phenolic OH excluding ortho intramolecular Hbond substituents is 1. The minimum absolute atomic E-state index is 0.248. The zero-order chi connectivity index (χ0) is 8.10. The Bertz CT molecular complexity index is 236. The molecule has 11 heavy (non-hydrogen) atoms. The molecule has 0 fully saturated rings. The van der Waals surface area contributed by atoms with Gasteiger partial charge in [-0.15, -0.1) is 0 Å². The second-order valence-corrected chi connectivity index (χ2v) is 2.08. The van der Waals surface area contributed by atoms with E-state index < -0.39 is 0 Å². The monoisotopic (exact) mass is 150 g/mol. The fraction of sp³-hybridized carbons (Fsp3) is 0.111. The third-order valence-electron chi connectivity index (χ3n) is 1.18. The van der Waals surface area contributed by atoms with Crippen LogP contribution in [0.15, 0.2) is 36.6 Å². The van der Waals surface area contributed by atoms with Gasteiger partial charge in [0.25, 0.3) is 0 Å². The molecule has 0 heterocycles. The third-order valence-corrected chi connectivity index (χ3v) is 1.18.